The lowest BCUT2D eigenvalue weighted by atomic mass is 10.1. The summed E-state index contributed by atoms with van der Waals surface area (Å²) in [7, 11) is -1.04. The van der Waals surface area contributed by atoms with E-state index < -0.39 is 40.1 Å². The number of hydrogen-bond acceptors (Lipinski definition) is 6. The van der Waals surface area contributed by atoms with Crippen LogP contribution in [0.5, 0.6) is 0 Å². The lowest BCUT2D eigenvalue weighted by molar-refractivity contribution is -0.119. The van der Waals surface area contributed by atoms with Crippen LogP contribution >= 0.6 is 0 Å². The Labute approximate surface area is 184 Å². The summed E-state index contributed by atoms with van der Waals surface area (Å²) >= 11 is 0. The van der Waals surface area contributed by atoms with Crippen molar-refractivity contribution in [3.63, 3.8) is 0 Å². The summed E-state index contributed by atoms with van der Waals surface area (Å²) in [5.74, 6) is -3.43. The van der Waals surface area contributed by atoms with Crippen molar-refractivity contribution in [2.24, 2.45) is 0 Å². The summed E-state index contributed by atoms with van der Waals surface area (Å²) in [4.78, 5) is 26.7. The molecule has 1 N–H and O–H groups in total. The van der Waals surface area contributed by atoms with E-state index in [1.807, 2.05) is 4.90 Å². The third-order valence-electron chi connectivity index (χ3n) is 4.89. The molecule has 1 aliphatic heterocycles. The first-order chi connectivity index (χ1) is 15.1. The van der Waals surface area contributed by atoms with Crippen LogP contribution in [0.4, 0.5) is 20.2 Å². The number of esters is 1. The Kier molecular flexibility index (Phi) is 7.09. The van der Waals surface area contributed by atoms with E-state index in [-0.39, 0.29) is 16.1 Å². The zero-order valence-electron chi connectivity index (χ0n) is 17.6. The van der Waals surface area contributed by atoms with Gasteiger partial charge >= 0.3 is 5.97 Å². The molecule has 0 radical (unpaired) electrons. The number of benzene rings is 2. The zero-order valence-corrected chi connectivity index (χ0v) is 18.4. The molecule has 0 aliphatic carbocycles. The molecule has 1 saturated heterocycles. The van der Waals surface area contributed by atoms with E-state index in [9.17, 15) is 26.8 Å². The van der Waals surface area contributed by atoms with Crippen LogP contribution < -0.4 is 10.2 Å². The normalized spacial score (nSPS) is 14.0. The number of rotatable bonds is 7. The maximum Gasteiger partial charge on any atom is 0.340 e. The summed E-state index contributed by atoms with van der Waals surface area (Å²) in [5.41, 5.74) is 0.401. The predicted octanol–water partition coefficient (Wildman–Crippen LogP) is 2.61. The minimum atomic E-state index is -3.80. The Morgan fingerprint density at radius 3 is 2.28 bits per heavy atom. The minimum Gasteiger partial charge on any atom is -0.452 e. The van der Waals surface area contributed by atoms with Crippen molar-refractivity contribution >= 4 is 33.3 Å². The largest absolute Gasteiger partial charge is 0.452 e. The Hall–Kier alpha value is -3.05. The van der Waals surface area contributed by atoms with Crippen LogP contribution in [0.25, 0.3) is 0 Å². The van der Waals surface area contributed by atoms with Gasteiger partial charge in [0.05, 0.1) is 16.1 Å². The Morgan fingerprint density at radius 2 is 1.69 bits per heavy atom. The number of anilines is 2. The Morgan fingerprint density at radius 1 is 1.06 bits per heavy atom. The van der Waals surface area contributed by atoms with Gasteiger partial charge in [-0.15, -0.1) is 0 Å². The van der Waals surface area contributed by atoms with E-state index >= 15 is 0 Å². The maximum absolute atomic E-state index is 13.3. The van der Waals surface area contributed by atoms with Crippen molar-refractivity contribution in [1.29, 1.82) is 0 Å². The van der Waals surface area contributed by atoms with Gasteiger partial charge in [-0.1, -0.05) is 0 Å². The monoisotopic (exact) mass is 467 g/mol. The molecule has 0 bridgehead atoms. The van der Waals surface area contributed by atoms with Crippen molar-refractivity contribution in [3.05, 3.63) is 53.6 Å². The molecule has 0 spiro atoms. The topological polar surface area (TPSA) is 96.0 Å². The predicted molar refractivity (Wildman–Crippen MR) is 114 cm³/mol. The SMILES string of the molecule is CN(C)S(=O)(=O)c1ccc(N2CCCC2)c(C(=O)OCC(=O)Nc2cc(F)cc(F)c2)c1. The second-order valence-electron chi connectivity index (χ2n) is 7.44. The molecule has 0 atom stereocenters. The molecule has 1 aliphatic rings. The Balaban J connectivity index is 1.79. The van der Waals surface area contributed by atoms with E-state index in [1.165, 1.54) is 26.2 Å². The highest BCUT2D eigenvalue weighted by Gasteiger charge is 2.25. The first-order valence-electron chi connectivity index (χ1n) is 9.82. The maximum atomic E-state index is 13.3. The Bertz CT molecular complexity index is 1110. The molecule has 2 aromatic rings. The highest BCUT2D eigenvalue weighted by atomic mass is 32.2. The van der Waals surface area contributed by atoms with Crippen molar-refractivity contribution in [2.75, 3.05) is 44.0 Å². The average Bonchev–Trinajstić information content (AvgIpc) is 3.25. The number of hydrogen-bond donors (Lipinski definition) is 1. The fourth-order valence-corrected chi connectivity index (χ4v) is 4.24. The molecular weight excluding hydrogens is 444 g/mol. The lowest BCUT2D eigenvalue weighted by Gasteiger charge is -2.22. The number of ether oxygens (including phenoxy) is 1. The second kappa shape index (κ2) is 9.61. The van der Waals surface area contributed by atoms with Crippen molar-refractivity contribution in [2.45, 2.75) is 17.7 Å². The van der Waals surface area contributed by atoms with Gasteiger partial charge in [-0.2, -0.15) is 0 Å². The van der Waals surface area contributed by atoms with Gasteiger partial charge in [0, 0.05) is 38.9 Å². The number of sulfonamides is 1. The van der Waals surface area contributed by atoms with E-state index in [4.69, 9.17) is 4.74 Å². The molecule has 32 heavy (non-hydrogen) atoms. The van der Waals surface area contributed by atoms with Gasteiger partial charge in [-0.25, -0.2) is 26.3 Å². The van der Waals surface area contributed by atoms with Gasteiger partial charge in [0.15, 0.2) is 6.61 Å². The summed E-state index contributed by atoms with van der Waals surface area (Å²) in [6.07, 6.45) is 1.86. The molecule has 1 fully saturated rings. The molecule has 172 valence electrons. The molecule has 0 saturated carbocycles. The lowest BCUT2D eigenvalue weighted by Crippen LogP contribution is -2.26. The first kappa shape index (κ1) is 23.6. The van der Waals surface area contributed by atoms with Gasteiger partial charge in [-0.05, 0) is 43.2 Å². The van der Waals surface area contributed by atoms with Crippen LogP contribution in [0.15, 0.2) is 41.3 Å². The number of carbonyl (C=O) groups is 2. The van der Waals surface area contributed by atoms with E-state index in [1.54, 1.807) is 6.07 Å². The third-order valence-corrected chi connectivity index (χ3v) is 6.71. The highest BCUT2D eigenvalue weighted by Crippen LogP contribution is 2.28. The standard InChI is InChI=1S/C21H23F2N3O5S/c1-25(2)32(29,30)17-5-6-19(26-7-3-4-8-26)18(12-17)21(28)31-13-20(27)24-16-10-14(22)9-15(23)11-16/h5-6,9-12H,3-4,7-8,13H2,1-2H3,(H,24,27). The van der Waals surface area contributed by atoms with Gasteiger partial charge in [0.2, 0.25) is 10.0 Å². The number of carbonyl (C=O) groups excluding carboxylic acids is 2. The van der Waals surface area contributed by atoms with Crippen molar-refractivity contribution < 1.29 is 31.5 Å². The summed E-state index contributed by atoms with van der Waals surface area (Å²) < 4.78 is 57.6. The van der Waals surface area contributed by atoms with Gasteiger partial charge < -0.3 is 15.0 Å². The summed E-state index contributed by atoms with van der Waals surface area (Å²) in [6, 6.07) is 6.70. The van der Waals surface area contributed by atoms with Gasteiger partial charge in [0.1, 0.15) is 11.6 Å². The molecule has 0 unspecified atom stereocenters. The molecular formula is C21H23F2N3O5S. The number of halogens is 2. The number of amides is 1. The molecule has 2 aromatic carbocycles. The average molecular weight is 467 g/mol. The molecule has 8 nitrogen and oxygen atoms in total. The van der Waals surface area contributed by atoms with Gasteiger partial charge in [0.25, 0.3) is 5.91 Å². The molecule has 11 heteroatoms. The third kappa shape index (κ3) is 5.40. The molecule has 1 heterocycles. The fourth-order valence-electron chi connectivity index (χ4n) is 3.32. The van der Waals surface area contributed by atoms with Crippen LogP contribution in [0.1, 0.15) is 23.2 Å². The van der Waals surface area contributed by atoms with Crippen molar-refractivity contribution in [1.82, 2.24) is 4.31 Å². The number of nitrogens with zero attached hydrogens (tertiary/aromatic N) is 2. The van der Waals surface area contributed by atoms with Crippen molar-refractivity contribution in [3.8, 4) is 0 Å². The fraction of sp³-hybridized carbons (Fsp3) is 0.333. The summed E-state index contributed by atoms with van der Waals surface area (Å²) in [6.45, 7) is 0.679. The summed E-state index contributed by atoms with van der Waals surface area (Å²) in [5, 5.41) is 2.24. The van der Waals surface area contributed by atoms with Crippen LogP contribution in [-0.2, 0) is 19.6 Å². The van der Waals surface area contributed by atoms with Crippen LogP contribution in [0.3, 0.4) is 0 Å². The van der Waals surface area contributed by atoms with Gasteiger partial charge in [-0.3, -0.25) is 4.79 Å². The van der Waals surface area contributed by atoms with E-state index in [2.05, 4.69) is 5.32 Å². The quantitative estimate of drug-likeness (QED) is 0.629. The van der Waals surface area contributed by atoms with Crippen LogP contribution in [-0.4, -0.2) is 58.4 Å². The van der Waals surface area contributed by atoms with Crippen LogP contribution in [0, 0.1) is 11.6 Å². The van der Waals surface area contributed by atoms with E-state index in [0.29, 0.717) is 24.8 Å². The van der Waals surface area contributed by atoms with Crippen LogP contribution in [0.2, 0.25) is 0 Å². The minimum absolute atomic E-state index is 0.0134. The second-order valence-corrected chi connectivity index (χ2v) is 9.59. The smallest absolute Gasteiger partial charge is 0.340 e. The van der Waals surface area contributed by atoms with E-state index in [0.717, 1.165) is 29.3 Å². The molecule has 1 amide bonds. The zero-order chi connectivity index (χ0) is 23.5. The number of nitrogens with one attached hydrogen (secondary N) is 1. The highest BCUT2D eigenvalue weighted by molar-refractivity contribution is 7.89. The first-order valence-corrected chi connectivity index (χ1v) is 11.3. The molecule has 3 rings (SSSR count). The molecule has 0 aromatic heterocycles.